The lowest BCUT2D eigenvalue weighted by Crippen LogP contribution is -2.43. The van der Waals surface area contributed by atoms with Crippen molar-refractivity contribution >= 4 is 41.2 Å². The second-order valence-corrected chi connectivity index (χ2v) is 7.20. The number of benzene rings is 1. The Bertz CT molecular complexity index is 619. The molecule has 0 bridgehead atoms. The maximum Gasteiger partial charge on any atom is 0.325 e. The number of hydrogen-bond donors (Lipinski definition) is 2. The summed E-state index contributed by atoms with van der Waals surface area (Å²) in [5.74, 6) is -0.0740. The lowest BCUT2D eigenvalue weighted by atomic mass is 10.1. The van der Waals surface area contributed by atoms with Crippen LogP contribution in [0.15, 0.2) is 29.2 Å². The Balaban J connectivity index is 1.72. The Hall–Kier alpha value is -1.73. The summed E-state index contributed by atoms with van der Waals surface area (Å²) >= 11 is 7.39. The second kappa shape index (κ2) is 7.23. The van der Waals surface area contributed by atoms with Crippen LogP contribution in [0, 0.1) is 0 Å². The number of carbonyl (C=O) groups excluding carboxylic acids is 3. The van der Waals surface area contributed by atoms with E-state index in [9.17, 15) is 14.4 Å². The van der Waals surface area contributed by atoms with Gasteiger partial charge in [0.1, 0.15) is 12.1 Å². The van der Waals surface area contributed by atoms with Gasteiger partial charge in [0.05, 0.1) is 0 Å². The highest BCUT2D eigenvalue weighted by Gasteiger charge is 2.44. The van der Waals surface area contributed by atoms with Crippen molar-refractivity contribution in [2.45, 2.75) is 24.3 Å². The van der Waals surface area contributed by atoms with Crippen molar-refractivity contribution in [3.05, 3.63) is 29.3 Å². The first kappa shape index (κ1) is 17.6. The Morgan fingerprint density at radius 1 is 1.30 bits per heavy atom. The third-order valence-corrected chi connectivity index (χ3v) is 4.52. The Morgan fingerprint density at radius 3 is 2.52 bits per heavy atom. The number of carbonyl (C=O) groups is 3. The van der Waals surface area contributed by atoms with Crippen molar-refractivity contribution in [3.8, 4) is 0 Å². The van der Waals surface area contributed by atoms with Gasteiger partial charge in [0.25, 0.3) is 5.91 Å². The summed E-state index contributed by atoms with van der Waals surface area (Å²) in [4.78, 5) is 37.5. The fourth-order valence-electron chi connectivity index (χ4n) is 2.05. The van der Waals surface area contributed by atoms with E-state index >= 15 is 0 Å². The van der Waals surface area contributed by atoms with Gasteiger partial charge in [-0.05, 0) is 38.1 Å². The standard InChI is InChI=1S/C15H18ClN3O3S/c1-15(2)13(21)19(14(22)18-15)9-12(20)17-7-8-23-11-5-3-10(16)4-6-11/h3-6H,7-9H2,1-2H3,(H,17,20)(H,18,22). The first-order chi connectivity index (χ1) is 10.8. The molecular formula is C15H18ClN3O3S. The van der Waals surface area contributed by atoms with Crippen LogP contribution in [0.4, 0.5) is 4.79 Å². The maximum atomic E-state index is 12.0. The summed E-state index contributed by atoms with van der Waals surface area (Å²) in [6.45, 7) is 3.39. The summed E-state index contributed by atoms with van der Waals surface area (Å²) in [6, 6.07) is 6.89. The molecule has 0 atom stereocenters. The van der Waals surface area contributed by atoms with Gasteiger partial charge in [-0.2, -0.15) is 0 Å². The second-order valence-electron chi connectivity index (χ2n) is 5.60. The van der Waals surface area contributed by atoms with Crippen LogP contribution in [0.3, 0.4) is 0 Å². The molecule has 8 heteroatoms. The van der Waals surface area contributed by atoms with Gasteiger partial charge in [-0.15, -0.1) is 11.8 Å². The molecule has 0 unspecified atom stereocenters. The molecule has 1 saturated heterocycles. The molecule has 0 saturated carbocycles. The largest absolute Gasteiger partial charge is 0.354 e. The molecule has 0 aliphatic carbocycles. The number of thioether (sulfide) groups is 1. The molecule has 1 heterocycles. The summed E-state index contributed by atoms with van der Waals surface area (Å²) in [5, 5.41) is 5.91. The lowest BCUT2D eigenvalue weighted by molar-refractivity contribution is -0.134. The van der Waals surface area contributed by atoms with E-state index in [0.717, 1.165) is 9.80 Å². The van der Waals surface area contributed by atoms with Crippen LogP contribution in [-0.4, -0.2) is 47.1 Å². The van der Waals surface area contributed by atoms with Crippen LogP contribution in [0.25, 0.3) is 0 Å². The Morgan fingerprint density at radius 2 is 1.96 bits per heavy atom. The average Bonchev–Trinajstić information content (AvgIpc) is 2.67. The van der Waals surface area contributed by atoms with Crippen LogP contribution in [-0.2, 0) is 9.59 Å². The van der Waals surface area contributed by atoms with Crippen LogP contribution in [0.1, 0.15) is 13.8 Å². The molecule has 0 spiro atoms. The summed E-state index contributed by atoms with van der Waals surface area (Å²) in [7, 11) is 0. The van der Waals surface area contributed by atoms with Crippen molar-refractivity contribution in [2.24, 2.45) is 0 Å². The molecule has 1 aliphatic heterocycles. The maximum absolute atomic E-state index is 12.0. The van der Waals surface area contributed by atoms with E-state index in [-0.39, 0.29) is 12.5 Å². The predicted molar refractivity (Wildman–Crippen MR) is 89.5 cm³/mol. The topological polar surface area (TPSA) is 78.5 Å². The minimum Gasteiger partial charge on any atom is -0.354 e. The molecule has 1 aromatic rings. The molecule has 23 heavy (non-hydrogen) atoms. The number of nitrogens with zero attached hydrogens (tertiary/aromatic N) is 1. The smallest absolute Gasteiger partial charge is 0.325 e. The third kappa shape index (κ3) is 4.62. The predicted octanol–water partition coefficient (Wildman–Crippen LogP) is 1.88. The molecule has 1 aliphatic rings. The van der Waals surface area contributed by atoms with Crippen LogP contribution in [0.5, 0.6) is 0 Å². The third-order valence-electron chi connectivity index (χ3n) is 3.25. The molecule has 1 aromatic carbocycles. The van der Waals surface area contributed by atoms with E-state index < -0.39 is 17.5 Å². The zero-order valence-corrected chi connectivity index (χ0v) is 14.5. The quantitative estimate of drug-likeness (QED) is 0.464. The van der Waals surface area contributed by atoms with Crippen LogP contribution in [0.2, 0.25) is 5.02 Å². The highest BCUT2D eigenvalue weighted by atomic mass is 35.5. The van der Waals surface area contributed by atoms with E-state index in [1.807, 2.05) is 24.3 Å². The molecule has 2 N–H and O–H groups in total. The zero-order chi connectivity index (χ0) is 17.0. The minimum atomic E-state index is -0.957. The Kier molecular flexibility index (Phi) is 5.54. The van der Waals surface area contributed by atoms with Gasteiger partial charge in [0.15, 0.2) is 0 Å². The van der Waals surface area contributed by atoms with Crippen LogP contribution >= 0.6 is 23.4 Å². The molecule has 2 rings (SSSR count). The number of amides is 4. The van der Waals surface area contributed by atoms with E-state index in [0.29, 0.717) is 17.3 Å². The normalized spacial score (nSPS) is 16.4. The lowest BCUT2D eigenvalue weighted by Gasteiger charge is -2.15. The van der Waals surface area contributed by atoms with Crippen molar-refractivity contribution < 1.29 is 14.4 Å². The SMILES string of the molecule is CC1(C)NC(=O)N(CC(=O)NCCSc2ccc(Cl)cc2)C1=O. The molecule has 0 aromatic heterocycles. The van der Waals surface area contributed by atoms with Gasteiger partial charge >= 0.3 is 6.03 Å². The fraction of sp³-hybridized carbons (Fsp3) is 0.400. The van der Waals surface area contributed by atoms with Gasteiger partial charge < -0.3 is 10.6 Å². The first-order valence-electron chi connectivity index (χ1n) is 7.09. The molecule has 1 fully saturated rings. The minimum absolute atomic E-state index is 0.264. The summed E-state index contributed by atoms with van der Waals surface area (Å²) in [6.07, 6.45) is 0. The fourth-order valence-corrected chi connectivity index (χ4v) is 2.95. The zero-order valence-electron chi connectivity index (χ0n) is 12.9. The number of hydrogen-bond acceptors (Lipinski definition) is 4. The number of imide groups is 1. The van der Waals surface area contributed by atoms with Gasteiger partial charge in [0, 0.05) is 22.2 Å². The van der Waals surface area contributed by atoms with Crippen molar-refractivity contribution in [1.29, 1.82) is 0 Å². The van der Waals surface area contributed by atoms with Gasteiger partial charge in [-0.25, -0.2) is 4.79 Å². The number of halogens is 1. The van der Waals surface area contributed by atoms with Gasteiger partial charge in [-0.1, -0.05) is 11.6 Å². The van der Waals surface area contributed by atoms with E-state index in [4.69, 9.17) is 11.6 Å². The molecular weight excluding hydrogens is 338 g/mol. The van der Waals surface area contributed by atoms with Crippen molar-refractivity contribution in [2.75, 3.05) is 18.8 Å². The van der Waals surface area contributed by atoms with E-state index in [2.05, 4.69) is 10.6 Å². The molecule has 6 nitrogen and oxygen atoms in total. The summed E-state index contributed by atoms with van der Waals surface area (Å²) < 4.78 is 0. The van der Waals surface area contributed by atoms with Crippen molar-refractivity contribution in [1.82, 2.24) is 15.5 Å². The highest BCUT2D eigenvalue weighted by Crippen LogP contribution is 2.19. The van der Waals surface area contributed by atoms with E-state index in [1.165, 1.54) is 0 Å². The number of rotatable bonds is 6. The summed E-state index contributed by atoms with van der Waals surface area (Å²) in [5.41, 5.74) is -0.957. The van der Waals surface area contributed by atoms with Crippen molar-refractivity contribution in [3.63, 3.8) is 0 Å². The Labute approximate surface area is 143 Å². The molecule has 4 amide bonds. The van der Waals surface area contributed by atoms with Gasteiger partial charge in [-0.3, -0.25) is 14.5 Å². The van der Waals surface area contributed by atoms with Crippen LogP contribution < -0.4 is 10.6 Å². The molecule has 124 valence electrons. The number of urea groups is 1. The highest BCUT2D eigenvalue weighted by molar-refractivity contribution is 7.99. The monoisotopic (exact) mass is 355 g/mol. The van der Waals surface area contributed by atoms with Gasteiger partial charge in [0.2, 0.25) is 5.91 Å². The first-order valence-corrected chi connectivity index (χ1v) is 8.45. The average molecular weight is 356 g/mol. The van der Waals surface area contributed by atoms with E-state index in [1.54, 1.807) is 25.6 Å². The molecule has 0 radical (unpaired) electrons. The number of nitrogens with one attached hydrogen (secondary N) is 2.